The quantitative estimate of drug-likeness (QED) is 0.850. The molecule has 2 fully saturated rings. The van der Waals surface area contributed by atoms with Gasteiger partial charge >= 0.3 is 0 Å². The number of hydrogen-bond acceptors (Lipinski definition) is 3. The first kappa shape index (κ1) is 14.2. The van der Waals surface area contributed by atoms with Gasteiger partial charge in [0.25, 0.3) is 0 Å². The van der Waals surface area contributed by atoms with Crippen LogP contribution in [0.3, 0.4) is 0 Å². The number of imidazole rings is 1. The second-order valence-electron chi connectivity index (χ2n) is 7.10. The fourth-order valence-electron chi connectivity index (χ4n) is 3.09. The molecule has 0 saturated heterocycles. The topological polar surface area (TPSA) is 52.0 Å². The van der Waals surface area contributed by atoms with Gasteiger partial charge in [-0.25, -0.2) is 13.4 Å². The standard InChI is InChI=1S/C17H22N2O2S/c1-3-22(20,21)13-6-7-15-14(10-13)18-16(17(2)8-9-17)19(15)11-12-4-5-12/h6-7,10,12H,3-5,8-9,11H2,1-2H3. The van der Waals surface area contributed by atoms with Gasteiger partial charge in [0.2, 0.25) is 0 Å². The van der Waals surface area contributed by atoms with E-state index in [9.17, 15) is 8.42 Å². The highest BCUT2D eigenvalue weighted by atomic mass is 32.2. The summed E-state index contributed by atoms with van der Waals surface area (Å²) in [6.07, 6.45) is 4.97. The van der Waals surface area contributed by atoms with Crippen molar-refractivity contribution in [1.29, 1.82) is 0 Å². The summed E-state index contributed by atoms with van der Waals surface area (Å²) in [6, 6.07) is 5.44. The number of aromatic nitrogens is 2. The molecule has 22 heavy (non-hydrogen) atoms. The van der Waals surface area contributed by atoms with Gasteiger partial charge in [0.05, 0.1) is 21.7 Å². The Bertz CT molecular complexity index is 843. The van der Waals surface area contributed by atoms with Gasteiger partial charge in [-0.15, -0.1) is 0 Å². The minimum Gasteiger partial charge on any atom is -0.327 e. The molecule has 0 N–H and O–H groups in total. The highest BCUT2D eigenvalue weighted by molar-refractivity contribution is 7.91. The Labute approximate surface area is 131 Å². The van der Waals surface area contributed by atoms with Crippen LogP contribution in [0.2, 0.25) is 0 Å². The Hall–Kier alpha value is -1.36. The van der Waals surface area contributed by atoms with Crippen molar-refractivity contribution in [1.82, 2.24) is 9.55 Å². The first-order valence-corrected chi connectivity index (χ1v) is 9.82. The van der Waals surface area contributed by atoms with Gasteiger partial charge in [-0.2, -0.15) is 0 Å². The van der Waals surface area contributed by atoms with Gasteiger partial charge < -0.3 is 4.57 Å². The van der Waals surface area contributed by atoms with Crippen molar-refractivity contribution in [2.24, 2.45) is 5.92 Å². The normalized spacial score (nSPS) is 20.5. The summed E-state index contributed by atoms with van der Waals surface area (Å²) in [7, 11) is -3.17. The van der Waals surface area contributed by atoms with Crippen LogP contribution in [0.25, 0.3) is 11.0 Å². The molecule has 0 radical (unpaired) electrons. The predicted octanol–water partition coefficient (Wildman–Crippen LogP) is 3.29. The van der Waals surface area contributed by atoms with Crippen LogP contribution in [0.15, 0.2) is 23.1 Å². The lowest BCUT2D eigenvalue weighted by atomic mass is 10.1. The third-order valence-electron chi connectivity index (χ3n) is 5.14. The van der Waals surface area contributed by atoms with E-state index in [1.54, 1.807) is 19.1 Å². The third kappa shape index (κ3) is 2.26. The Morgan fingerprint density at radius 3 is 2.64 bits per heavy atom. The maximum atomic E-state index is 12.1. The van der Waals surface area contributed by atoms with Gasteiger partial charge in [-0.3, -0.25) is 0 Å². The largest absolute Gasteiger partial charge is 0.327 e. The van der Waals surface area contributed by atoms with E-state index in [-0.39, 0.29) is 11.2 Å². The van der Waals surface area contributed by atoms with Gasteiger partial charge in [-0.1, -0.05) is 13.8 Å². The minimum atomic E-state index is -3.17. The Balaban J connectivity index is 1.87. The monoisotopic (exact) mass is 318 g/mol. The molecule has 1 heterocycles. The van der Waals surface area contributed by atoms with Crippen LogP contribution < -0.4 is 0 Å². The molecule has 4 rings (SSSR count). The SMILES string of the molecule is CCS(=O)(=O)c1ccc2c(c1)nc(C1(C)CC1)n2CC1CC1. The van der Waals surface area contributed by atoms with Gasteiger partial charge in [0.1, 0.15) is 5.82 Å². The van der Waals surface area contributed by atoms with E-state index in [0.29, 0.717) is 4.90 Å². The summed E-state index contributed by atoms with van der Waals surface area (Å²) in [5.74, 6) is 2.06. The van der Waals surface area contributed by atoms with Crippen molar-refractivity contribution in [2.45, 2.75) is 56.4 Å². The van der Waals surface area contributed by atoms with E-state index in [2.05, 4.69) is 11.5 Å². The van der Waals surface area contributed by atoms with Crippen LogP contribution in [0, 0.1) is 5.92 Å². The maximum absolute atomic E-state index is 12.1. The van der Waals surface area contributed by atoms with E-state index in [1.807, 2.05) is 6.07 Å². The summed E-state index contributed by atoms with van der Waals surface area (Å²) in [5, 5.41) is 0. The Morgan fingerprint density at radius 1 is 1.32 bits per heavy atom. The summed E-state index contributed by atoms with van der Waals surface area (Å²) in [4.78, 5) is 5.23. The van der Waals surface area contributed by atoms with Crippen molar-refractivity contribution in [3.05, 3.63) is 24.0 Å². The molecular formula is C17H22N2O2S. The molecule has 1 aromatic heterocycles. The van der Waals surface area contributed by atoms with Crippen LogP contribution >= 0.6 is 0 Å². The molecule has 2 aromatic rings. The number of benzene rings is 1. The van der Waals surface area contributed by atoms with Crippen LogP contribution in [0.5, 0.6) is 0 Å². The Morgan fingerprint density at radius 2 is 2.05 bits per heavy atom. The zero-order valence-electron chi connectivity index (χ0n) is 13.2. The summed E-state index contributed by atoms with van der Waals surface area (Å²) < 4.78 is 26.5. The first-order valence-electron chi connectivity index (χ1n) is 8.16. The lowest BCUT2D eigenvalue weighted by Gasteiger charge is -2.12. The highest BCUT2D eigenvalue weighted by Crippen LogP contribution is 2.48. The minimum absolute atomic E-state index is 0.131. The second-order valence-corrected chi connectivity index (χ2v) is 9.38. The Kier molecular flexibility index (Phi) is 2.96. The maximum Gasteiger partial charge on any atom is 0.178 e. The lowest BCUT2D eigenvalue weighted by Crippen LogP contribution is -2.12. The zero-order chi connectivity index (χ0) is 15.5. The molecular weight excluding hydrogens is 296 g/mol. The second kappa shape index (κ2) is 4.57. The van der Waals surface area contributed by atoms with Crippen molar-refractivity contribution in [3.8, 4) is 0 Å². The average Bonchev–Trinajstić information content (AvgIpc) is 3.41. The molecule has 2 aliphatic carbocycles. The van der Waals surface area contributed by atoms with Gasteiger partial charge in [0, 0.05) is 12.0 Å². The summed E-state index contributed by atoms with van der Waals surface area (Å²) in [6.45, 7) is 4.98. The first-order chi connectivity index (χ1) is 10.4. The average molecular weight is 318 g/mol. The van der Waals surface area contributed by atoms with Crippen molar-refractivity contribution in [3.63, 3.8) is 0 Å². The molecule has 0 atom stereocenters. The number of sulfone groups is 1. The van der Waals surface area contributed by atoms with Gasteiger partial charge in [0.15, 0.2) is 9.84 Å². The number of hydrogen-bond donors (Lipinski definition) is 0. The van der Waals surface area contributed by atoms with Crippen LogP contribution in [-0.2, 0) is 21.8 Å². The fraction of sp³-hybridized carbons (Fsp3) is 0.588. The number of fused-ring (bicyclic) bond motifs is 1. The van der Waals surface area contributed by atoms with E-state index >= 15 is 0 Å². The van der Waals surface area contributed by atoms with Crippen molar-refractivity contribution in [2.75, 3.05) is 5.75 Å². The zero-order valence-corrected chi connectivity index (χ0v) is 14.0. The highest BCUT2D eigenvalue weighted by Gasteiger charge is 2.44. The molecule has 2 aliphatic rings. The fourth-order valence-corrected chi connectivity index (χ4v) is 3.98. The van der Waals surface area contributed by atoms with Crippen molar-refractivity contribution < 1.29 is 8.42 Å². The molecule has 118 valence electrons. The van der Waals surface area contributed by atoms with E-state index < -0.39 is 9.84 Å². The van der Waals surface area contributed by atoms with Crippen LogP contribution in [0.1, 0.15) is 45.4 Å². The number of nitrogens with zero attached hydrogens (tertiary/aromatic N) is 2. The molecule has 0 unspecified atom stereocenters. The molecule has 4 nitrogen and oxygen atoms in total. The summed E-state index contributed by atoms with van der Waals surface area (Å²) >= 11 is 0. The van der Waals surface area contributed by atoms with Crippen LogP contribution in [0.4, 0.5) is 0 Å². The lowest BCUT2D eigenvalue weighted by molar-refractivity contribution is 0.569. The van der Waals surface area contributed by atoms with E-state index in [0.717, 1.165) is 29.3 Å². The molecule has 2 saturated carbocycles. The molecule has 0 aliphatic heterocycles. The number of rotatable bonds is 5. The predicted molar refractivity (Wildman–Crippen MR) is 86.8 cm³/mol. The van der Waals surface area contributed by atoms with E-state index in [1.165, 1.54) is 25.7 Å². The smallest absolute Gasteiger partial charge is 0.178 e. The van der Waals surface area contributed by atoms with Crippen LogP contribution in [-0.4, -0.2) is 23.7 Å². The molecule has 5 heteroatoms. The third-order valence-corrected chi connectivity index (χ3v) is 6.87. The molecule has 1 aromatic carbocycles. The molecule has 0 bridgehead atoms. The molecule has 0 amide bonds. The molecule has 0 spiro atoms. The van der Waals surface area contributed by atoms with E-state index in [4.69, 9.17) is 4.98 Å². The van der Waals surface area contributed by atoms with Gasteiger partial charge in [-0.05, 0) is 49.8 Å². The summed E-state index contributed by atoms with van der Waals surface area (Å²) in [5.41, 5.74) is 2.11. The van der Waals surface area contributed by atoms with Crippen molar-refractivity contribution >= 4 is 20.9 Å².